The van der Waals surface area contributed by atoms with Crippen molar-refractivity contribution in [3.05, 3.63) is 28.7 Å². The third-order valence-electron chi connectivity index (χ3n) is 3.25. The first kappa shape index (κ1) is 14.3. The number of halogens is 1. The second kappa shape index (κ2) is 6.39. The minimum atomic E-state index is -0.0826. The van der Waals surface area contributed by atoms with Gasteiger partial charge in [0.1, 0.15) is 0 Å². The van der Waals surface area contributed by atoms with Gasteiger partial charge in [0.25, 0.3) is 0 Å². The highest BCUT2D eigenvalue weighted by Crippen LogP contribution is 2.28. The van der Waals surface area contributed by atoms with Crippen molar-refractivity contribution in [3.63, 3.8) is 0 Å². The molecule has 1 aromatic rings. The van der Waals surface area contributed by atoms with Crippen LogP contribution in [0.2, 0.25) is 0 Å². The molecule has 0 bridgehead atoms. The smallest absolute Gasteiger partial charge is 0.221 e. The lowest BCUT2D eigenvalue weighted by Gasteiger charge is -2.20. The van der Waals surface area contributed by atoms with Crippen LogP contribution in [0.5, 0.6) is 0 Å². The fourth-order valence-corrected chi connectivity index (χ4v) is 2.92. The van der Waals surface area contributed by atoms with Gasteiger partial charge in [0.05, 0.1) is 5.69 Å². The number of nitrogens with one attached hydrogen (secondary N) is 1. The monoisotopic (exact) mass is 325 g/mol. The van der Waals surface area contributed by atoms with Crippen molar-refractivity contribution < 1.29 is 4.79 Å². The average Bonchev–Trinajstić information content (AvgIpc) is 2.76. The number of anilines is 1. The third-order valence-corrected chi connectivity index (χ3v) is 3.92. The average molecular weight is 326 g/mol. The van der Waals surface area contributed by atoms with E-state index in [1.54, 1.807) is 0 Å². The van der Waals surface area contributed by atoms with Gasteiger partial charge < -0.3 is 16.0 Å². The Morgan fingerprint density at radius 2 is 2.32 bits per heavy atom. The van der Waals surface area contributed by atoms with E-state index in [-0.39, 0.29) is 18.0 Å². The van der Waals surface area contributed by atoms with Crippen molar-refractivity contribution in [3.8, 4) is 0 Å². The fourth-order valence-electron chi connectivity index (χ4n) is 2.38. The van der Waals surface area contributed by atoms with Crippen LogP contribution >= 0.6 is 15.9 Å². The molecule has 1 amide bonds. The lowest BCUT2D eigenvalue weighted by atomic mass is 10.2. The Morgan fingerprint density at radius 1 is 1.58 bits per heavy atom. The molecule has 104 valence electrons. The summed E-state index contributed by atoms with van der Waals surface area (Å²) in [6, 6.07) is 8.31. The van der Waals surface area contributed by atoms with Crippen molar-refractivity contribution in [2.24, 2.45) is 5.73 Å². The van der Waals surface area contributed by atoms with E-state index in [2.05, 4.69) is 32.2 Å². The molecule has 1 saturated heterocycles. The molecular weight excluding hydrogens is 306 g/mol. The molecule has 0 saturated carbocycles. The molecule has 1 aliphatic rings. The largest absolute Gasteiger partial charge is 0.368 e. The van der Waals surface area contributed by atoms with Gasteiger partial charge >= 0.3 is 0 Å². The number of hydrogen-bond donors (Lipinski definition) is 2. The lowest BCUT2D eigenvalue weighted by Crippen LogP contribution is -2.39. The standard InChI is InChI=1S/C14H20BrN3O/c1-10(16)8-14(19)17-11-6-7-18(9-11)13-5-3-2-4-12(13)15/h2-5,10-11H,6-9,16H2,1H3,(H,17,19). The molecule has 2 unspecified atom stereocenters. The van der Waals surface area contributed by atoms with E-state index >= 15 is 0 Å². The van der Waals surface area contributed by atoms with E-state index in [0.717, 1.165) is 24.0 Å². The molecule has 1 aliphatic heterocycles. The van der Waals surface area contributed by atoms with E-state index in [9.17, 15) is 4.79 Å². The first-order chi connectivity index (χ1) is 9.06. The summed E-state index contributed by atoms with van der Waals surface area (Å²) >= 11 is 3.56. The van der Waals surface area contributed by atoms with Gasteiger partial charge in [-0.15, -0.1) is 0 Å². The molecule has 1 heterocycles. The number of para-hydroxylation sites is 1. The molecule has 1 fully saturated rings. The lowest BCUT2D eigenvalue weighted by molar-refractivity contribution is -0.121. The predicted octanol–water partition coefficient (Wildman–Crippen LogP) is 1.88. The number of nitrogens with zero attached hydrogens (tertiary/aromatic N) is 1. The van der Waals surface area contributed by atoms with Crippen molar-refractivity contribution in [2.75, 3.05) is 18.0 Å². The van der Waals surface area contributed by atoms with Gasteiger partial charge in [0.2, 0.25) is 5.91 Å². The summed E-state index contributed by atoms with van der Waals surface area (Å²) in [5, 5.41) is 3.05. The fraction of sp³-hybridized carbons (Fsp3) is 0.500. The Kier molecular flexibility index (Phi) is 4.82. The maximum Gasteiger partial charge on any atom is 0.221 e. The van der Waals surface area contributed by atoms with Gasteiger partial charge in [-0.2, -0.15) is 0 Å². The molecule has 3 N–H and O–H groups in total. The van der Waals surface area contributed by atoms with E-state index in [1.165, 1.54) is 5.69 Å². The predicted molar refractivity (Wildman–Crippen MR) is 81.2 cm³/mol. The van der Waals surface area contributed by atoms with Gasteiger partial charge in [-0.05, 0) is 41.4 Å². The molecule has 2 atom stereocenters. The molecule has 0 spiro atoms. The maximum atomic E-state index is 11.7. The Bertz CT molecular complexity index is 450. The quantitative estimate of drug-likeness (QED) is 0.888. The topological polar surface area (TPSA) is 58.4 Å². The summed E-state index contributed by atoms with van der Waals surface area (Å²) < 4.78 is 1.09. The Balaban J connectivity index is 1.90. The van der Waals surface area contributed by atoms with Gasteiger partial charge in [-0.25, -0.2) is 0 Å². The normalized spacial score (nSPS) is 20.4. The molecule has 19 heavy (non-hydrogen) atoms. The summed E-state index contributed by atoms with van der Waals surface area (Å²) in [6.07, 6.45) is 1.37. The first-order valence-electron chi connectivity index (χ1n) is 6.60. The second-order valence-electron chi connectivity index (χ2n) is 5.13. The van der Waals surface area contributed by atoms with Crippen LogP contribution in [0, 0.1) is 0 Å². The molecule has 5 heteroatoms. The van der Waals surface area contributed by atoms with Crippen LogP contribution in [0.15, 0.2) is 28.7 Å². The zero-order chi connectivity index (χ0) is 13.8. The highest BCUT2D eigenvalue weighted by Gasteiger charge is 2.25. The van der Waals surface area contributed by atoms with Crippen molar-refractivity contribution in [1.82, 2.24) is 5.32 Å². The van der Waals surface area contributed by atoms with Crippen LogP contribution < -0.4 is 16.0 Å². The summed E-state index contributed by atoms with van der Waals surface area (Å²) in [6.45, 7) is 3.67. The van der Waals surface area contributed by atoms with Crippen molar-refractivity contribution in [1.29, 1.82) is 0 Å². The molecular formula is C14H20BrN3O. The third kappa shape index (κ3) is 3.94. The minimum Gasteiger partial charge on any atom is -0.368 e. The number of carbonyl (C=O) groups excluding carboxylic acids is 1. The van der Waals surface area contributed by atoms with Gasteiger partial charge in [0, 0.05) is 36.1 Å². The summed E-state index contributed by atoms with van der Waals surface area (Å²) in [4.78, 5) is 14.0. The van der Waals surface area contributed by atoms with Crippen LogP contribution in [-0.2, 0) is 4.79 Å². The Hall–Kier alpha value is -1.07. The van der Waals surface area contributed by atoms with Crippen LogP contribution in [0.3, 0.4) is 0 Å². The summed E-state index contributed by atoms with van der Waals surface area (Å²) in [5.41, 5.74) is 6.81. The zero-order valence-corrected chi connectivity index (χ0v) is 12.7. The molecule has 0 aliphatic carbocycles. The number of carbonyl (C=O) groups is 1. The van der Waals surface area contributed by atoms with Crippen molar-refractivity contribution in [2.45, 2.75) is 31.8 Å². The second-order valence-corrected chi connectivity index (χ2v) is 5.99. The number of rotatable bonds is 4. The molecule has 4 nitrogen and oxygen atoms in total. The van der Waals surface area contributed by atoms with Crippen LogP contribution in [0.25, 0.3) is 0 Å². The highest BCUT2D eigenvalue weighted by atomic mass is 79.9. The molecule has 0 radical (unpaired) electrons. The van der Waals surface area contributed by atoms with Gasteiger partial charge in [0.15, 0.2) is 0 Å². The van der Waals surface area contributed by atoms with E-state index in [1.807, 2.05) is 25.1 Å². The SMILES string of the molecule is CC(N)CC(=O)NC1CCN(c2ccccc2Br)C1. The summed E-state index contributed by atoms with van der Waals surface area (Å²) in [7, 11) is 0. The van der Waals surface area contributed by atoms with Gasteiger partial charge in [-0.1, -0.05) is 12.1 Å². The van der Waals surface area contributed by atoms with Crippen LogP contribution in [0.4, 0.5) is 5.69 Å². The van der Waals surface area contributed by atoms with E-state index < -0.39 is 0 Å². The van der Waals surface area contributed by atoms with Crippen LogP contribution in [-0.4, -0.2) is 31.1 Å². The first-order valence-corrected chi connectivity index (χ1v) is 7.40. The molecule has 1 aromatic carbocycles. The minimum absolute atomic E-state index is 0.0500. The maximum absolute atomic E-state index is 11.7. The number of nitrogens with two attached hydrogens (primary N) is 1. The Morgan fingerprint density at radius 3 is 3.00 bits per heavy atom. The van der Waals surface area contributed by atoms with Gasteiger partial charge in [-0.3, -0.25) is 4.79 Å². The van der Waals surface area contributed by atoms with Crippen molar-refractivity contribution >= 4 is 27.5 Å². The van der Waals surface area contributed by atoms with E-state index in [4.69, 9.17) is 5.73 Å². The van der Waals surface area contributed by atoms with Crippen LogP contribution in [0.1, 0.15) is 19.8 Å². The number of hydrogen-bond acceptors (Lipinski definition) is 3. The molecule has 2 rings (SSSR count). The Labute approximate surface area is 122 Å². The summed E-state index contributed by atoms with van der Waals surface area (Å²) in [5.74, 6) is 0.0500. The number of benzene rings is 1. The highest BCUT2D eigenvalue weighted by molar-refractivity contribution is 9.10. The number of amides is 1. The van der Waals surface area contributed by atoms with E-state index in [0.29, 0.717) is 6.42 Å². The zero-order valence-electron chi connectivity index (χ0n) is 11.1. The molecule has 0 aromatic heterocycles.